The fraction of sp³-hybridized carbons (Fsp3) is 0.632. The van der Waals surface area contributed by atoms with Gasteiger partial charge in [-0.1, -0.05) is 0 Å². The van der Waals surface area contributed by atoms with E-state index in [0.717, 1.165) is 19.4 Å². The SMILES string of the molecule is O=C(NCC1CCCO1)C1CCN(S(=O)(=O)c2ccc3c(c2)OCCO3)CC1. The number of nitrogens with one attached hydrogen (secondary N) is 1. The molecule has 0 bridgehead atoms. The molecule has 3 aliphatic heterocycles. The molecule has 0 spiro atoms. The minimum absolute atomic E-state index is 0.00752. The van der Waals surface area contributed by atoms with Crippen LogP contribution in [0.1, 0.15) is 25.7 Å². The molecule has 4 rings (SSSR count). The Bertz CT molecular complexity index is 814. The average molecular weight is 410 g/mol. The van der Waals surface area contributed by atoms with Crippen molar-refractivity contribution < 1.29 is 27.4 Å². The molecule has 1 N–H and O–H groups in total. The van der Waals surface area contributed by atoms with Crippen molar-refractivity contribution in [3.05, 3.63) is 18.2 Å². The Morgan fingerprint density at radius 3 is 2.54 bits per heavy atom. The van der Waals surface area contributed by atoms with Crippen LogP contribution in [-0.2, 0) is 19.6 Å². The third-order valence-corrected chi connectivity index (χ3v) is 7.40. The van der Waals surface area contributed by atoms with Gasteiger partial charge in [-0.25, -0.2) is 8.42 Å². The predicted octanol–water partition coefficient (Wildman–Crippen LogP) is 1.15. The minimum Gasteiger partial charge on any atom is -0.486 e. The highest BCUT2D eigenvalue weighted by Crippen LogP contribution is 2.34. The van der Waals surface area contributed by atoms with E-state index >= 15 is 0 Å². The molecule has 0 saturated carbocycles. The third kappa shape index (κ3) is 4.11. The topological polar surface area (TPSA) is 94.2 Å². The largest absolute Gasteiger partial charge is 0.486 e. The zero-order chi connectivity index (χ0) is 19.6. The van der Waals surface area contributed by atoms with Gasteiger partial charge < -0.3 is 19.5 Å². The summed E-state index contributed by atoms with van der Waals surface area (Å²) in [6.45, 7) is 2.82. The number of amides is 1. The number of benzene rings is 1. The Kier molecular flexibility index (Phi) is 5.75. The predicted molar refractivity (Wildman–Crippen MR) is 101 cm³/mol. The highest BCUT2D eigenvalue weighted by molar-refractivity contribution is 7.89. The number of carbonyl (C=O) groups excluding carboxylic acids is 1. The maximum absolute atomic E-state index is 13.0. The number of nitrogens with zero attached hydrogens (tertiary/aromatic N) is 1. The summed E-state index contributed by atoms with van der Waals surface area (Å²) < 4.78 is 43.8. The van der Waals surface area contributed by atoms with Crippen LogP contribution >= 0.6 is 0 Å². The highest BCUT2D eigenvalue weighted by atomic mass is 32.2. The summed E-state index contributed by atoms with van der Waals surface area (Å²) in [5.41, 5.74) is 0. The third-order valence-electron chi connectivity index (χ3n) is 5.50. The molecule has 2 saturated heterocycles. The van der Waals surface area contributed by atoms with Gasteiger partial charge in [-0.3, -0.25) is 4.79 Å². The second kappa shape index (κ2) is 8.26. The summed E-state index contributed by atoms with van der Waals surface area (Å²) in [5, 5.41) is 2.95. The molecule has 154 valence electrons. The summed E-state index contributed by atoms with van der Waals surface area (Å²) in [7, 11) is -3.62. The first-order valence-corrected chi connectivity index (χ1v) is 11.3. The van der Waals surface area contributed by atoms with E-state index in [-0.39, 0.29) is 22.8 Å². The van der Waals surface area contributed by atoms with Crippen LogP contribution in [0.15, 0.2) is 23.1 Å². The molecule has 1 amide bonds. The fourth-order valence-electron chi connectivity index (χ4n) is 3.86. The van der Waals surface area contributed by atoms with Gasteiger partial charge in [0.1, 0.15) is 13.2 Å². The van der Waals surface area contributed by atoms with E-state index in [1.54, 1.807) is 12.1 Å². The number of sulfonamides is 1. The van der Waals surface area contributed by atoms with E-state index in [0.29, 0.717) is 57.2 Å². The van der Waals surface area contributed by atoms with Crippen molar-refractivity contribution in [1.29, 1.82) is 0 Å². The van der Waals surface area contributed by atoms with Crippen LogP contribution in [0.25, 0.3) is 0 Å². The van der Waals surface area contributed by atoms with Crippen molar-refractivity contribution in [2.45, 2.75) is 36.7 Å². The molecule has 3 heterocycles. The zero-order valence-corrected chi connectivity index (χ0v) is 16.6. The van der Waals surface area contributed by atoms with Crippen LogP contribution < -0.4 is 14.8 Å². The number of hydrogen-bond donors (Lipinski definition) is 1. The van der Waals surface area contributed by atoms with Crippen LogP contribution in [0.4, 0.5) is 0 Å². The first-order valence-electron chi connectivity index (χ1n) is 9.83. The van der Waals surface area contributed by atoms with Crippen LogP contribution in [0.5, 0.6) is 11.5 Å². The Morgan fingerprint density at radius 1 is 1.07 bits per heavy atom. The van der Waals surface area contributed by atoms with E-state index in [4.69, 9.17) is 14.2 Å². The standard InChI is InChI=1S/C19H26N2O6S/c22-19(20-13-15-2-1-9-25-15)14-5-7-21(8-6-14)28(23,24)16-3-4-17-18(12-16)27-11-10-26-17/h3-4,12,14-15H,1-2,5-11,13H2,(H,20,22). The summed E-state index contributed by atoms with van der Waals surface area (Å²) >= 11 is 0. The second-order valence-electron chi connectivity index (χ2n) is 7.36. The fourth-order valence-corrected chi connectivity index (χ4v) is 5.34. The number of carbonyl (C=O) groups is 1. The summed E-state index contributed by atoms with van der Waals surface area (Å²) in [4.78, 5) is 12.6. The zero-order valence-electron chi connectivity index (χ0n) is 15.8. The van der Waals surface area contributed by atoms with Crippen LogP contribution in [0.3, 0.4) is 0 Å². The van der Waals surface area contributed by atoms with E-state index in [1.165, 1.54) is 10.4 Å². The highest BCUT2D eigenvalue weighted by Gasteiger charge is 2.33. The molecule has 0 aromatic heterocycles. The molecule has 28 heavy (non-hydrogen) atoms. The molecule has 8 nitrogen and oxygen atoms in total. The molecule has 1 atom stereocenters. The summed E-state index contributed by atoms with van der Waals surface area (Å²) in [5.74, 6) is 0.850. The molecule has 3 aliphatic rings. The van der Waals surface area contributed by atoms with Gasteiger partial charge in [-0.2, -0.15) is 4.31 Å². The van der Waals surface area contributed by atoms with Crippen molar-refractivity contribution in [1.82, 2.24) is 9.62 Å². The lowest BCUT2D eigenvalue weighted by atomic mass is 9.97. The smallest absolute Gasteiger partial charge is 0.243 e. The monoisotopic (exact) mass is 410 g/mol. The average Bonchev–Trinajstić information content (AvgIpc) is 3.25. The van der Waals surface area contributed by atoms with Gasteiger partial charge >= 0.3 is 0 Å². The Labute approximate surface area is 165 Å². The van der Waals surface area contributed by atoms with Crippen molar-refractivity contribution in [2.75, 3.05) is 39.5 Å². The quantitative estimate of drug-likeness (QED) is 0.783. The number of rotatable bonds is 5. The van der Waals surface area contributed by atoms with E-state index < -0.39 is 10.0 Å². The van der Waals surface area contributed by atoms with E-state index in [1.807, 2.05) is 0 Å². The van der Waals surface area contributed by atoms with Crippen molar-refractivity contribution in [3.63, 3.8) is 0 Å². The Hall–Kier alpha value is -1.84. The summed E-state index contributed by atoms with van der Waals surface area (Å²) in [6, 6.07) is 4.69. The Morgan fingerprint density at radius 2 is 1.82 bits per heavy atom. The van der Waals surface area contributed by atoms with Gasteiger partial charge in [0, 0.05) is 38.2 Å². The van der Waals surface area contributed by atoms with Crippen LogP contribution in [0.2, 0.25) is 0 Å². The molecular formula is C19H26N2O6S. The molecule has 9 heteroatoms. The number of ether oxygens (including phenoxy) is 3. The minimum atomic E-state index is -3.62. The molecule has 0 aliphatic carbocycles. The molecule has 2 fully saturated rings. The summed E-state index contributed by atoms with van der Waals surface area (Å²) in [6.07, 6.45) is 3.16. The first kappa shape index (κ1) is 19.5. The number of fused-ring (bicyclic) bond motifs is 1. The molecule has 1 unspecified atom stereocenters. The molecule has 0 radical (unpaired) electrons. The van der Waals surface area contributed by atoms with Gasteiger partial charge in [0.25, 0.3) is 0 Å². The first-order chi connectivity index (χ1) is 13.5. The van der Waals surface area contributed by atoms with Gasteiger partial charge in [-0.05, 0) is 37.8 Å². The normalized spacial score (nSPS) is 23.5. The van der Waals surface area contributed by atoms with E-state index in [9.17, 15) is 13.2 Å². The lowest BCUT2D eigenvalue weighted by molar-refractivity contribution is -0.126. The number of hydrogen-bond acceptors (Lipinski definition) is 6. The van der Waals surface area contributed by atoms with Crippen LogP contribution in [-0.4, -0.2) is 64.2 Å². The maximum Gasteiger partial charge on any atom is 0.243 e. The van der Waals surface area contributed by atoms with Gasteiger partial charge in [0.05, 0.1) is 11.0 Å². The van der Waals surface area contributed by atoms with Gasteiger partial charge in [-0.15, -0.1) is 0 Å². The van der Waals surface area contributed by atoms with Crippen LogP contribution in [0, 0.1) is 5.92 Å². The van der Waals surface area contributed by atoms with Crippen molar-refractivity contribution in [3.8, 4) is 11.5 Å². The molecular weight excluding hydrogens is 384 g/mol. The maximum atomic E-state index is 13.0. The Balaban J connectivity index is 1.34. The van der Waals surface area contributed by atoms with Crippen molar-refractivity contribution >= 4 is 15.9 Å². The van der Waals surface area contributed by atoms with Gasteiger partial charge in [0.15, 0.2) is 11.5 Å². The second-order valence-corrected chi connectivity index (χ2v) is 9.30. The lowest BCUT2D eigenvalue weighted by Crippen LogP contribution is -2.44. The lowest BCUT2D eigenvalue weighted by Gasteiger charge is -2.31. The van der Waals surface area contributed by atoms with E-state index in [2.05, 4.69) is 5.32 Å². The molecule has 1 aromatic rings. The number of piperidine rings is 1. The van der Waals surface area contributed by atoms with Crippen molar-refractivity contribution in [2.24, 2.45) is 5.92 Å². The molecule has 1 aromatic carbocycles. The van der Waals surface area contributed by atoms with Gasteiger partial charge in [0.2, 0.25) is 15.9 Å².